The first-order chi connectivity index (χ1) is 9.27. The summed E-state index contributed by atoms with van der Waals surface area (Å²) >= 11 is 1.82. The quantitative estimate of drug-likeness (QED) is 0.568. The molecule has 0 aliphatic carbocycles. The molecule has 0 N–H and O–H groups in total. The van der Waals surface area contributed by atoms with E-state index in [0.29, 0.717) is 6.42 Å². The molecule has 0 aliphatic heterocycles. The Hall–Kier alpha value is -1.54. The van der Waals surface area contributed by atoms with Crippen molar-refractivity contribution in [2.75, 3.05) is 5.75 Å². The summed E-state index contributed by atoms with van der Waals surface area (Å²) in [5, 5.41) is 0. The smallest absolute Gasteiger partial charge is 0.163 e. The van der Waals surface area contributed by atoms with Gasteiger partial charge in [0.25, 0.3) is 0 Å². The molecule has 19 heavy (non-hydrogen) atoms. The van der Waals surface area contributed by atoms with Crippen molar-refractivity contribution in [2.24, 2.45) is 0 Å². The number of carbonyl (C=O) groups is 1. The summed E-state index contributed by atoms with van der Waals surface area (Å²) in [6, 6.07) is 17.9. The van der Waals surface area contributed by atoms with Gasteiger partial charge in [0, 0.05) is 23.5 Å². The van der Waals surface area contributed by atoms with Crippen LogP contribution in [0.5, 0.6) is 0 Å². The molecule has 0 heterocycles. The minimum Gasteiger partial charge on any atom is -0.294 e. The molecule has 98 valence electrons. The van der Waals surface area contributed by atoms with E-state index in [-0.39, 0.29) is 5.78 Å². The SMILES string of the molecule is Cc1ccccc1CSCCC(=O)c1ccccc1. The molecule has 0 fully saturated rings. The topological polar surface area (TPSA) is 17.1 Å². The largest absolute Gasteiger partial charge is 0.294 e. The van der Waals surface area contributed by atoms with Gasteiger partial charge in [-0.25, -0.2) is 0 Å². The fraction of sp³-hybridized carbons (Fsp3) is 0.235. The van der Waals surface area contributed by atoms with Gasteiger partial charge in [0.1, 0.15) is 0 Å². The highest BCUT2D eigenvalue weighted by Crippen LogP contribution is 2.17. The normalized spacial score (nSPS) is 10.4. The maximum atomic E-state index is 11.9. The lowest BCUT2D eigenvalue weighted by atomic mass is 10.1. The molecule has 1 nitrogen and oxygen atoms in total. The van der Waals surface area contributed by atoms with Gasteiger partial charge in [-0.05, 0) is 18.1 Å². The van der Waals surface area contributed by atoms with Crippen LogP contribution in [0.15, 0.2) is 54.6 Å². The first-order valence-corrected chi connectivity index (χ1v) is 7.63. The van der Waals surface area contributed by atoms with E-state index in [1.165, 1.54) is 11.1 Å². The lowest BCUT2D eigenvalue weighted by molar-refractivity contribution is 0.0989. The average molecular weight is 270 g/mol. The lowest BCUT2D eigenvalue weighted by Crippen LogP contribution is -2.00. The van der Waals surface area contributed by atoms with Gasteiger partial charge in [0.15, 0.2) is 5.78 Å². The number of carbonyl (C=O) groups excluding carboxylic acids is 1. The maximum Gasteiger partial charge on any atom is 0.163 e. The first kappa shape index (κ1) is 13.9. The highest BCUT2D eigenvalue weighted by atomic mass is 32.2. The summed E-state index contributed by atoms with van der Waals surface area (Å²) in [6.07, 6.45) is 0.612. The number of benzene rings is 2. The molecule has 0 saturated carbocycles. The van der Waals surface area contributed by atoms with Crippen molar-refractivity contribution in [1.29, 1.82) is 0 Å². The van der Waals surface area contributed by atoms with E-state index < -0.39 is 0 Å². The zero-order valence-corrected chi connectivity index (χ0v) is 12.0. The van der Waals surface area contributed by atoms with Gasteiger partial charge in [-0.2, -0.15) is 11.8 Å². The highest BCUT2D eigenvalue weighted by molar-refractivity contribution is 7.98. The third kappa shape index (κ3) is 4.25. The Labute approximate surface area is 119 Å². The van der Waals surface area contributed by atoms with Crippen LogP contribution in [-0.4, -0.2) is 11.5 Å². The summed E-state index contributed by atoms with van der Waals surface area (Å²) in [4.78, 5) is 11.9. The molecule has 0 bridgehead atoms. The second-order valence-electron chi connectivity index (χ2n) is 4.52. The minimum atomic E-state index is 0.234. The molecule has 2 rings (SSSR count). The molecule has 0 saturated heterocycles. The summed E-state index contributed by atoms with van der Waals surface area (Å²) in [5.74, 6) is 2.09. The number of Topliss-reactive ketones (excluding diaryl/α,β-unsaturated/α-hetero) is 1. The number of hydrogen-bond donors (Lipinski definition) is 0. The summed E-state index contributed by atoms with van der Waals surface area (Å²) in [7, 11) is 0. The van der Waals surface area contributed by atoms with Crippen molar-refractivity contribution in [3.8, 4) is 0 Å². The molecule has 2 aromatic rings. The third-order valence-electron chi connectivity index (χ3n) is 3.09. The van der Waals surface area contributed by atoms with Gasteiger partial charge in [0.05, 0.1) is 0 Å². The van der Waals surface area contributed by atoms with Crippen LogP contribution in [0.4, 0.5) is 0 Å². The van der Waals surface area contributed by atoms with Crippen molar-refractivity contribution < 1.29 is 4.79 Å². The predicted octanol–water partition coefficient (Wildman–Crippen LogP) is 4.50. The van der Waals surface area contributed by atoms with Crippen molar-refractivity contribution >= 4 is 17.5 Å². The van der Waals surface area contributed by atoms with Gasteiger partial charge < -0.3 is 0 Å². The van der Waals surface area contributed by atoms with Gasteiger partial charge in [0.2, 0.25) is 0 Å². The zero-order chi connectivity index (χ0) is 13.5. The molecule has 0 spiro atoms. The van der Waals surface area contributed by atoms with Gasteiger partial charge in [-0.1, -0.05) is 54.6 Å². The number of ketones is 1. The van der Waals surface area contributed by atoms with E-state index in [2.05, 4.69) is 31.2 Å². The van der Waals surface area contributed by atoms with Crippen LogP contribution in [0.3, 0.4) is 0 Å². The Morgan fingerprint density at radius 1 is 1.00 bits per heavy atom. The molecule has 0 aliphatic rings. The summed E-state index contributed by atoms with van der Waals surface area (Å²) < 4.78 is 0. The monoisotopic (exact) mass is 270 g/mol. The van der Waals surface area contributed by atoms with Gasteiger partial charge >= 0.3 is 0 Å². The van der Waals surface area contributed by atoms with Crippen LogP contribution in [0.1, 0.15) is 27.9 Å². The number of hydrogen-bond acceptors (Lipinski definition) is 2. The Morgan fingerprint density at radius 2 is 1.68 bits per heavy atom. The zero-order valence-electron chi connectivity index (χ0n) is 11.1. The first-order valence-electron chi connectivity index (χ1n) is 6.48. The van der Waals surface area contributed by atoms with Crippen molar-refractivity contribution in [2.45, 2.75) is 19.1 Å². The predicted molar refractivity (Wildman–Crippen MR) is 82.7 cm³/mol. The Morgan fingerprint density at radius 3 is 2.42 bits per heavy atom. The summed E-state index contributed by atoms with van der Waals surface area (Å²) in [6.45, 7) is 2.13. The maximum absolute atomic E-state index is 11.9. The number of aryl methyl sites for hydroxylation is 1. The van der Waals surface area contributed by atoms with E-state index in [0.717, 1.165) is 17.1 Å². The molecule has 0 unspecified atom stereocenters. The standard InChI is InChI=1S/C17H18OS/c1-14-7-5-6-10-16(14)13-19-12-11-17(18)15-8-3-2-4-9-15/h2-10H,11-13H2,1H3. The fourth-order valence-electron chi connectivity index (χ4n) is 1.89. The van der Waals surface area contributed by atoms with Crippen LogP contribution < -0.4 is 0 Å². The molecule has 2 heteroatoms. The van der Waals surface area contributed by atoms with Gasteiger partial charge in [-0.3, -0.25) is 4.79 Å². The van der Waals surface area contributed by atoms with E-state index >= 15 is 0 Å². The fourth-order valence-corrected chi connectivity index (χ4v) is 2.91. The van der Waals surface area contributed by atoms with Crippen LogP contribution >= 0.6 is 11.8 Å². The molecule has 0 aromatic heterocycles. The number of thioether (sulfide) groups is 1. The second-order valence-corrected chi connectivity index (χ2v) is 5.62. The van der Waals surface area contributed by atoms with Crippen LogP contribution in [0.2, 0.25) is 0 Å². The average Bonchev–Trinajstić information content (AvgIpc) is 2.46. The van der Waals surface area contributed by atoms with E-state index in [9.17, 15) is 4.79 Å². The molecule has 0 amide bonds. The van der Waals surface area contributed by atoms with E-state index in [4.69, 9.17) is 0 Å². The molecule has 0 radical (unpaired) electrons. The Balaban J connectivity index is 1.76. The number of rotatable bonds is 6. The molecule has 0 atom stereocenters. The second kappa shape index (κ2) is 7.15. The van der Waals surface area contributed by atoms with E-state index in [1.54, 1.807) is 0 Å². The molecular weight excluding hydrogens is 252 g/mol. The van der Waals surface area contributed by atoms with Crippen molar-refractivity contribution in [3.63, 3.8) is 0 Å². The molecular formula is C17H18OS. The van der Waals surface area contributed by atoms with E-state index in [1.807, 2.05) is 42.1 Å². The third-order valence-corrected chi connectivity index (χ3v) is 4.10. The Kier molecular flexibility index (Phi) is 5.22. The minimum absolute atomic E-state index is 0.234. The lowest BCUT2D eigenvalue weighted by Gasteiger charge is -2.05. The Bertz CT molecular complexity index is 534. The molecule has 2 aromatic carbocycles. The van der Waals surface area contributed by atoms with Crippen LogP contribution in [0, 0.1) is 6.92 Å². The highest BCUT2D eigenvalue weighted by Gasteiger charge is 2.05. The van der Waals surface area contributed by atoms with Crippen LogP contribution in [-0.2, 0) is 5.75 Å². The summed E-state index contributed by atoms with van der Waals surface area (Å²) in [5.41, 5.74) is 3.50. The van der Waals surface area contributed by atoms with Crippen LogP contribution in [0.25, 0.3) is 0 Å². The van der Waals surface area contributed by atoms with Crippen molar-refractivity contribution in [3.05, 3.63) is 71.3 Å². The van der Waals surface area contributed by atoms with Gasteiger partial charge in [-0.15, -0.1) is 0 Å². The van der Waals surface area contributed by atoms with Crippen molar-refractivity contribution in [1.82, 2.24) is 0 Å².